The van der Waals surface area contributed by atoms with E-state index in [0.29, 0.717) is 17.0 Å². The monoisotopic (exact) mass is 500 g/mol. The second-order valence-corrected chi connectivity index (χ2v) is 7.43. The number of carbonyl (C=O) groups excluding carboxylic acids is 1. The molecule has 7 nitrogen and oxygen atoms in total. The van der Waals surface area contributed by atoms with Crippen molar-refractivity contribution in [2.45, 2.75) is 0 Å². The average molecular weight is 500 g/mol. The number of nitrogens with zero attached hydrogens (tertiary/aromatic N) is 3. The lowest BCUT2D eigenvalue weighted by Crippen LogP contribution is -2.20. The van der Waals surface area contributed by atoms with Crippen molar-refractivity contribution in [2.24, 2.45) is 0 Å². The molecule has 0 fully saturated rings. The molecular formula is C21H17IN4O3. The number of hydrogen-bond acceptors (Lipinski definition) is 5. The molecule has 3 aromatic carbocycles. The van der Waals surface area contributed by atoms with E-state index in [1.54, 1.807) is 24.0 Å². The van der Waals surface area contributed by atoms with Gasteiger partial charge < -0.3 is 14.8 Å². The van der Waals surface area contributed by atoms with E-state index < -0.39 is 0 Å². The highest BCUT2D eigenvalue weighted by Crippen LogP contribution is 2.19. The topological polar surface area (TPSA) is 78.3 Å². The van der Waals surface area contributed by atoms with Crippen molar-refractivity contribution >= 4 is 45.2 Å². The minimum Gasteiger partial charge on any atom is -0.497 e. The zero-order valence-electron chi connectivity index (χ0n) is 15.5. The van der Waals surface area contributed by atoms with Gasteiger partial charge in [-0.2, -0.15) is 4.80 Å². The average Bonchev–Trinajstić information content (AvgIpc) is 3.17. The van der Waals surface area contributed by atoms with E-state index >= 15 is 0 Å². The van der Waals surface area contributed by atoms with Gasteiger partial charge in [0, 0.05) is 9.26 Å². The first-order chi connectivity index (χ1) is 14.1. The van der Waals surface area contributed by atoms with Crippen LogP contribution in [-0.2, 0) is 4.79 Å². The van der Waals surface area contributed by atoms with E-state index in [4.69, 9.17) is 9.47 Å². The summed E-state index contributed by atoms with van der Waals surface area (Å²) in [5.74, 6) is 1.17. The molecule has 0 spiro atoms. The van der Waals surface area contributed by atoms with Crippen LogP contribution in [0, 0.1) is 3.57 Å². The van der Waals surface area contributed by atoms with Crippen LogP contribution in [0.4, 0.5) is 5.69 Å². The molecule has 0 atom stereocenters. The number of nitrogens with one attached hydrogen (secondary N) is 1. The van der Waals surface area contributed by atoms with E-state index in [9.17, 15) is 4.79 Å². The number of hydrogen-bond donors (Lipinski definition) is 1. The largest absolute Gasteiger partial charge is 0.497 e. The third kappa shape index (κ3) is 4.65. The Labute approximate surface area is 180 Å². The summed E-state index contributed by atoms with van der Waals surface area (Å²) in [5.41, 5.74) is 2.86. The van der Waals surface area contributed by atoms with Crippen molar-refractivity contribution in [3.05, 3.63) is 70.3 Å². The first-order valence-electron chi connectivity index (χ1n) is 8.80. The summed E-state index contributed by atoms with van der Waals surface area (Å²) in [7, 11) is 1.62. The van der Waals surface area contributed by atoms with Crippen molar-refractivity contribution in [3.63, 3.8) is 0 Å². The van der Waals surface area contributed by atoms with Crippen LogP contribution in [0.5, 0.6) is 11.5 Å². The zero-order valence-corrected chi connectivity index (χ0v) is 17.7. The number of fused-ring (bicyclic) bond motifs is 1. The predicted octanol–water partition coefficient (Wildman–Crippen LogP) is 4.05. The highest BCUT2D eigenvalue weighted by Gasteiger charge is 2.09. The smallest absolute Gasteiger partial charge is 0.262 e. The Balaban J connectivity index is 1.44. The zero-order chi connectivity index (χ0) is 20.2. The molecule has 0 unspecified atom stereocenters. The van der Waals surface area contributed by atoms with Crippen LogP contribution in [0.3, 0.4) is 0 Å². The summed E-state index contributed by atoms with van der Waals surface area (Å²) in [5, 5.41) is 11.8. The van der Waals surface area contributed by atoms with Crippen LogP contribution < -0.4 is 14.8 Å². The van der Waals surface area contributed by atoms with Crippen molar-refractivity contribution < 1.29 is 14.3 Å². The number of halogens is 1. The van der Waals surface area contributed by atoms with Gasteiger partial charge in [0.2, 0.25) is 0 Å². The summed E-state index contributed by atoms with van der Waals surface area (Å²) in [4.78, 5) is 13.7. The van der Waals surface area contributed by atoms with E-state index in [2.05, 4.69) is 38.1 Å². The molecule has 0 saturated carbocycles. The van der Waals surface area contributed by atoms with Gasteiger partial charge in [0.25, 0.3) is 5.91 Å². The van der Waals surface area contributed by atoms with Gasteiger partial charge in [-0.15, -0.1) is 10.2 Å². The van der Waals surface area contributed by atoms with Gasteiger partial charge in [0.1, 0.15) is 22.5 Å². The standard InChI is InChI=1S/C21H17IN4O3/c1-28-17-9-5-16(6-10-17)26-24-19-11-4-15(12-20(19)25-26)23-21(27)13-29-18-7-2-14(22)3-8-18/h2-12H,13H2,1H3,(H,23,27). The summed E-state index contributed by atoms with van der Waals surface area (Å²) in [6.45, 7) is -0.0723. The van der Waals surface area contributed by atoms with Crippen molar-refractivity contribution in [1.82, 2.24) is 15.0 Å². The fourth-order valence-corrected chi connectivity index (χ4v) is 3.06. The number of amides is 1. The second-order valence-electron chi connectivity index (χ2n) is 6.18. The molecule has 0 radical (unpaired) electrons. The molecular weight excluding hydrogens is 483 g/mol. The predicted molar refractivity (Wildman–Crippen MR) is 119 cm³/mol. The summed E-state index contributed by atoms with van der Waals surface area (Å²) in [6.07, 6.45) is 0. The number of benzene rings is 3. The molecule has 1 N–H and O–H groups in total. The van der Waals surface area contributed by atoms with Crippen LogP contribution in [0.15, 0.2) is 66.7 Å². The Kier molecular flexibility index (Phi) is 5.61. The molecule has 1 aromatic heterocycles. The second kappa shape index (κ2) is 8.48. The summed E-state index contributed by atoms with van der Waals surface area (Å²) in [6, 6.07) is 20.4. The lowest BCUT2D eigenvalue weighted by atomic mass is 10.3. The maximum Gasteiger partial charge on any atom is 0.262 e. The van der Waals surface area contributed by atoms with Gasteiger partial charge in [0.15, 0.2) is 6.61 Å². The maximum atomic E-state index is 12.2. The molecule has 4 aromatic rings. The Morgan fingerprint density at radius 2 is 1.66 bits per heavy atom. The Morgan fingerprint density at radius 1 is 0.966 bits per heavy atom. The van der Waals surface area contributed by atoms with Crippen LogP contribution in [0.1, 0.15) is 0 Å². The molecule has 0 aliphatic heterocycles. The SMILES string of the molecule is COc1ccc(-n2nc3ccc(NC(=O)COc4ccc(I)cc4)cc3n2)cc1. The lowest BCUT2D eigenvalue weighted by Gasteiger charge is -2.07. The van der Waals surface area contributed by atoms with Crippen molar-refractivity contribution in [3.8, 4) is 17.2 Å². The summed E-state index contributed by atoms with van der Waals surface area (Å²) >= 11 is 2.22. The normalized spacial score (nSPS) is 10.7. The molecule has 0 aliphatic carbocycles. The molecule has 146 valence electrons. The minimum atomic E-state index is -0.245. The maximum absolute atomic E-state index is 12.2. The van der Waals surface area contributed by atoms with Crippen LogP contribution >= 0.6 is 22.6 Å². The molecule has 0 aliphatic rings. The Hall–Kier alpha value is -3.14. The van der Waals surface area contributed by atoms with Gasteiger partial charge >= 0.3 is 0 Å². The van der Waals surface area contributed by atoms with Gasteiger partial charge in [-0.1, -0.05) is 0 Å². The quantitative estimate of drug-likeness (QED) is 0.405. The molecule has 8 heteroatoms. The van der Waals surface area contributed by atoms with Crippen molar-refractivity contribution in [2.75, 3.05) is 19.0 Å². The van der Waals surface area contributed by atoms with Crippen molar-refractivity contribution in [1.29, 1.82) is 0 Å². The van der Waals surface area contributed by atoms with E-state index in [0.717, 1.165) is 20.5 Å². The van der Waals surface area contributed by atoms with E-state index in [1.807, 2.05) is 54.6 Å². The molecule has 29 heavy (non-hydrogen) atoms. The Morgan fingerprint density at radius 3 is 2.38 bits per heavy atom. The number of methoxy groups -OCH3 is 1. The van der Waals surface area contributed by atoms with Crippen LogP contribution in [-0.4, -0.2) is 34.6 Å². The Bertz CT molecular complexity index is 1140. The third-order valence-corrected chi connectivity index (χ3v) is 4.87. The van der Waals surface area contributed by atoms with Gasteiger partial charge in [-0.3, -0.25) is 4.79 Å². The molecule has 1 heterocycles. The first-order valence-corrected chi connectivity index (χ1v) is 9.88. The number of rotatable bonds is 6. The molecule has 1 amide bonds. The molecule has 0 bridgehead atoms. The fourth-order valence-electron chi connectivity index (χ4n) is 2.70. The fraction of sp³-hybridized carbons (Fsp3) is 0.0952. The lowest BCUT2D eigenvalue weighted by molar-refractivity contribution is -0.118. The first kappa shape index (κ1) is 19.2. The van der Waals surface area contributed by atoms with Crippen LogP contribution in [0.2, 0.25) is 0 Å². The molecule has 0 saturated heterocycles. The van der Waals surface area contributed by atoms with Gasteiger partial charge in [0.05, 0.1) is 12.8 Å². The highest BCUT2D eigenvalue weighted by atomic mass is 127. The van der Waals surface area contributed by atoms with E-state index in [1.165, 1.54) is 0 Å². The number of anilines is 1. The highest BCUT2D eigenvalue weighted by molar-refractivity contribution is 14.1. The van der Waals surface area contributed by atoms with Gasteiger partial charge in [-0.05, 0) is 89.3 Å². The van der Waals surface area contributed by atoms with Crippen LogP contribution in [0.25, 0.3) is 16.7 Å². The molecule has 4 rings (SSSR count). The number of ether oxygens (including phenoxy) is 2. The minimum absolute atomic E-state index is 0.0723. The number of carbonyl (C=O) groups is 1. The summed E-state index contributed by atoms with van der Waals surface area (Å²) < 4.78 is 11.8. The number of aromatic nitrogens is 3. The van der Waals surface area contributed by atoms with Gasteiger partial charge in [-0.25, -0.2) is 0 Å². The third-order valence-electron chi connectivity index (χ3n) is 4.15. The van der Waals surface area contributed by atoms with E-state index in [-0.39, 0.29) is 12.5 Å².